The number of carbonyl (C=O) groups excluding carboxylic acids is 1. The van der Waals surface area contributed by atoms with Gasteiger partial charge in [-0.2, -0.15) is 23.2 Å². The van der Waals surface area contributed by atoms with E-state index in [4.69, 9.17) is 4.74 Å². The van der Waals surface area contributed by atoms with Crippen molar-refractivity contribution in [1.82, 2.24) is 4.72 Å². The van der Waals surface area contributed by atoms with Crippen molar-refractivity contribution in [3.8, 4) is 11.8 Å². The van der Waals surface area contributed by atoms with Crippen LogP contribution in [0.2, 0.25) is 0 Å². The first-order chi connectivity index (χ1) is 16.0. The van der Waals surface area contributed by atoms with E-state index in [1.54, 1.807) is 0 Å². The summed E-state index contributed by atoms with van der Waals surface area (Å²) in [5, 5.41) is 14.0. The summed E-state index contributed by atoms with van der Waals surface area (Å²) in [6.07, 6.45) is -1.77. The van der Waals surface area contributed by atoms with Crippen LogP contribution in [0.25, 0.3) is 0 Å². The third kappa shape index (κ3) is 5.78. The molecule has 8 nitrogen and oxygen atoms in total. The number of nitrogens with one attached hydrogen (secondary N) is 3. The summed E-state index contributed by atoms with van der Waals surface area (Å²) >= 11 is 0. The Morgan fingerprint density at radius 2 is 1.88 bits per heavy atom. The molecule has 0 saturated heterocycles. The topological polar surface area (TPSA) is 120 Å². The maximum absolute atomic E-state index is 12.9. The fourth-order valence-corrected chi connectivity index (χ4v) is 4.53. The highest BCUT2D eigenvalue weighted by Crippen LogP contribution is 2.37. The molecule has 0 bridgehead atoms. The smallest absolute Gasteiger partial charge is 0.416 e. The molecule has 180 valence electrons. The second-order valence-electron chi connectivity index (χ2n) is 8.37. The number of halogens is 3. The fraction of sp³-hybridized carbons (Fsp3) is 0.364. The lowest BCUT2D eigenvalue weighted by Gasteiger charge is -2.16. The van der Waals surface area contributed by atoms with Crippen LogP contribution < -0.4 is 20.1 Å². The largest absolute Gasteiger partial charge is 0.491 e. The molecule has 0 aliphatic heterocycles. The molecule has 3 N–H and O–H groups in total. The zero-order chi connectivity index (χ0) is 24.6. The molecule has 2 aliphatic rings. The average molecular weight is 494 g/mol. The Morgan fingerprint density at radius 1 is 1.15 bits per heavy atom. The van der Waals surface area contributed by atoms with E-state index in [-0.39, 0.29) is 22.0 Å². The Labute approximate surface area is 194 Å². The van der Waals surface area contributed by atoms with Gasteiger partial charge in [0.25, 0.3) is 0 Å². The number of nitrogens with zero attached hydrogens (tertiary/aromatic N) is 1. The van der Waals surface area contributed by atoms with Gasteiger partial charge in [0.05, 0.1) is 28.8 Å². The number of nitriles is 1. The predicted molar refractivity (Wildman–Crippen MR) is 117 cm³/mol. The van der Waals surface area contributed by atoms with Gasteiger partial charge < -0.3 is 15.4 Å². The van der Waals surface area contributed by atoms with E-state index >= 15 is 0 Å². The molecular formula is C22H21F3N4O4S. The van der Waals surface area contributed by atoms with Crippen LogP contribution in [-0.2, 0) is 16.2 Å². The van der Waals surface area contributed by atoms with Crippen molar-refractivity contribution in [2.75, 3.05) is 17.2 Å². The number of rotatable bonds is 8. The number of carbonyl (C=O) groups is 1. The number of ether oxygens (including phenoxy) is 1. The molecular weight excluding hydrogens is 473 g/mol. The van der Waals surface area contributed by atoms with Crippen molar-refractivity contribution >= 4 is 27.4 Å². The maximum Gasteiger partial charge on any atom is 0.416 e. The molecule has 34 heavy (non-hydrogen) atoms. The first-order valence-electron chi connectivity index (χ1n) is 10.5. The highest BCUT2D eigenvalue weighted by molar-refractivity contribution is 7.89. The lowest BCUT2D eigenvalue weighted by Crippen LogP contribution is -2.35. The third-order valence-corrected chi connectivity index (χ3v) is 6.96. The van der Waals surface area contributed by atoms with Crippen molar-refractivity contribution < 1.29 is 31.1 Å². The molecule has 12 heteroatoms. The van der Waals surface area contributed by atoms with Crippen LogP contribution in [0, 0.1) is 17.2 Å². The predicted octanol–water partition coefficient (Wildman–Crippen LogP) is 4.47. The van der Waals surface area contributed by atoms with Crippen molar-refractivity contribution in [2.45, 2.75) is 42.3 Å². The number of urea groups is 1. The van der Waals surface area contributed by atoms with Gasteiger partial charge in [-0.3, -0.25) is 0 Å². The Balaban J connectivity index is 1.55. The van der Waals surface area contributed by atoms with Gasteiger partial charge in [0.2, 0.25) is 10.0 Å². The van der Waals surface area contributed by atoms with Crippen molar-refractivity contribution in [1.29, 1.82) is 5.26 Å². The van der Waals surface area contributed by atoms with Gasteiger partial charge in [0.15, 0.2) is 0 Å². The fourth-order valence-electron chi connectivity index (χ4n) is 3.13. The number of hydrogen-bond acceptors (Lipinski definition) is 5. The Morgan fingerprint density at radius 3 is 2.50 bits per heavy atom. The Kier molecular flexibility index (Phi) is 6.18. The average Bonchev–Trinajstić information content (AvgIpc) is 3.69. The van der Waals surface area contributed by atoms with Gasteiger partial charge >= 0.3 is 12.2 Å². The molecule has 2 amide bonds. The monoisotopic (exact) mass is 494 g/mol. The number of amides is 2. The number of hydrogen-bond donors (Lipinski definition) is 3. The van der Waals surface area contributed by atoms with Gasteiger partial charge in [-0.25, -0.2) is 13.2 Å². The molecule has 4 rings (SSSR count). The Hall–Kier alpha value is -3.30. The summed E-state index contributed by atoms with van der Waals surface area (Å²) in [6, 6.07) is 9.05. The van der Waals surface area contributed by atoms with E-state index < -0.39 is 33.3 Å². The number of benzene rings is 2. The van der Waals surface area contributed by atoms with Crippen LogP contribution >= 0.6 is 0 Å². The number of alkyl halides is 3. The van der Waals surface area contributed by atoms with E-state index in [1.807, 2.05) is 6.07 Å². The van der Waals surface area contributed by atoms with E-state index in [9.17, 15) is 31.6 Å². The summed E-state index contributed by atoms with van der Waals surface area (Å²) in [6.45, 7) is 0.381. The highest BCUT2D eigenvalue weighted by Gasteiger charge is 2.46. The zero-order valence-corrected chi connectivity index (χ0v) is 18.6. The van der Waals surface area contributed by atoms with E-state index in [0.29, 0.717) is 25.4 Å². The molecule has 0 atom stereocenters. The highest BCUT2D eigenvalue weighted by atomic mass is 32.2. The first-order valence-corrected chi connectivity index (χ1v) is 12.0. The molecule has 0 radical (unpaired) electrons. The molecule has 2 aromatic rings. The zero-order valence-electron chi connectivity index (χ0n) is 17.8. The number of sulfonamides is 1. The summed E-state index contributed by atoms with van der Waals surface area (Å²) in [5.74, 6) is 0.591. The molecule has 2 aliphatic carbocycles. The van der Waals surface area contributed by atoms with E-state index in [1.165, 1.54) is 24.3 Å². The summed E-state index contributed by atoms with van der Waals surface area (Å²) < 4.78 is 72.4. The Bertz CT molecular complexity index is 1250. The standard InChI is InChI=1S/C22H21F3N4O4S/c23-22(24,25)15-2-1-3-16(10-15)27-20(30)28-18-11-17(6-7-19(18)33-12-14-4-5-14)34(31,32)29-21(13-26)8-9-21/h1-3,6-7,10-11,14,29H,4-5,8-9,12H2,(H2,27,28,30). The molecule has 0 aromatic heterocycles. The van der Waals surface area contributed by atoms with Crippen LogP contribution in [0.15, 0.2) is 47.4 Å². The van der Waals surface area contributed by atoms with Gasteiger partial charge in [0.1, 0.15) is 11.3 Å². The van der Waals surface area contributed by atoms with Gasteiger partial charge in [-0.05, 0) is 68.0 Å². The molecule has 2 saturated carbocycles. The molecule has 2 fully saturated rings. The van der Waals surface area contributed by atoms with Crippen molar-refractivity contribution in [2.24, 2.45) is 5.92 Å². The van der Waals surface area contributed by atoms with Crippen molar-refractivity contribution in [3.63, 3.8) is 0 Å². The van der Waals surface area contributed by atoms with Crippen LogP contribution in [0.4, 0.5) is 29.3 Å². The second-order valence-corrected chi connectivity index (χ2v) is 10.1. The molecule has 0 spiro atoms. The van der Waals surface area contributed by atoms with E-state index in [2.05, 4.69) is 15.4 Å². The van der Waals surface area contributed by atoms with Gasteiger partial charge in [-0.1, -0.05) is 6.07 Å². The third-order valence-electron chi connectivity index (χ3n) is 5.42. The minimum absolute atomic E-state index is 0.0230. The van der Waals surface area contributed by atoms with Crippen LogP contribution in [0.1, 0.15) is 31.2 Å². The SMILES string of the molecule is N#CC1(NS(=O)(=O)c2ccc(OCC3CC3)c(NC(=O)Nc3cccc(C(F)(F)F)c3)c2)CC1. The minimum Gasteiger partial charge on any atom is -0.491 e. The van der Waals surface area contributed by atoms with Crippen LogP contribution in [-0.4, -0.2) is 26.6 Å². The number of anilines is 2. The lowest BCUT2D eigenvalue weighted by atomic mass is 10.2. The van der Waals surface area contributed by atoms with Gasteiger partial charge in [0, 0.05) is 5.69 Å². The second kappa shape index (κ2) is 8.81. The van der Waals surface area contributed by atoms with E-state index in [0.717, 1.165) is 31.0 Å². The van der Waals surface area contributed by atoms with Crippen molar-refractivity contribution in [3.05, 3.63) is 48.0 Å². The minimum atomic E-state index is -4.57. The normalized spacial score (nSPS) is 16.9. The summed E-state index contributed by atoms with van der Waals surface area (Å²) in [5.41, 5.74) is -2.13. The van der Waals surface area contributed by atoms with Crippen LogP contribution in [0.5, 0.6) is 5.75 Å². The molecule has 0 heterocycles. The molecule has 0 unspecified atom stereocenters. The maximum atomic E-state index is 12.9. The lowest BCUT2D eigenvalue weighted by molar-refractivity contribution is -0.137. The van der Waals surface area contributed by atoms with Gasteiger partial charge in [-0.15, -0.1) is 0 Å². The first kappa shape index (κ1) is 23.8. The quantitative estimate of drug-likeness (QED) is 0.500. The summed E-state index contributed by atoms with van der Waals surface area (Å²) in [7, 11) is -4.07. The molecule has 2 aromatic carbocycles. The van der Waals surface area contributed by atoms with Crippen LogP contribution in [0.3, 0.4) is 0 Å². The summed E-state index contributed by atoms with van der Waals surface area (Å²) in [4.78, 5) is 12.3.